The third kappa shape index (κ3) is 28.5. The maximum absolute atomic E-state index is 12.3. The number of carbonyl (C=O) groups excluding carboxylic acids is 3. The van der Waals surface area contributed by atoms with E-state index >= 15 is 0 Å². The van der Waals surface area contributed by atoms with Crippen LogP contribution < -0.4 is 21.3 Å². The largest absolute Gasteiger partial charge is 0.466 e. The van der Waals surface area contributed by atoms with E-state index in [-0.39, 0.29) is 43.9 Å². The second-order valence-corrected chi connectivity index (χ2v) is 69.4. The number of hydrogen-bond acceptors (Lipinski definition) is 21. The molecule has 8 aliphatic carbocycles. The lowest BCUT2D eigenvalue weighted by Gasteiger charge is -2.41. The van der Waals surface area contributed by atoms with Gasteiger partial charge in [0, 0.05) is 164 Å². The van der Waals surface area contributed by atoms with E-state index in [2.05, 4.69) is 254 Å². The molecule has 8 aliphatic rings. The van der Waals surface area contributed by atoms with Crippen LogP contribution in [0.2, 0.25) is 72.5 Å². The highest BCUT2D eigenvalue weighted by Gasteiger charge is 2.46. The Morgan fingerprint density at radius 1 is 0.343 bits per heavy atom. The van der Waals surface area contributed by atoms with Gasteiger partial charge in [-0.1, -0.05) is 111 Å². The fourth-order valence-electron chi connectivity index (χ4n) is 22.7. The number of aliphatic hydroxyl groups is 1. The fourth-order valence-corrected chi connectivity index (χ4v) is 28.4. The first-order valence-electron chi connectivity index (χ1n) is 56.8. The molecule has 0 aliphatic heterocycles. The zero-order chi connectivity index (χ0) is 103. The minimum absolute atomic E-state index is 0.0278. The SMILES string of the molecule is CCCNc1ncc2c(C3CCC(C(=O)OCC)CC3)cn(C3CCC(O[Si](C)(C)C(C)(C)C)CC3)c2n1.CCCNc1ncc2c(C3CCC(C=O)CC3)cn(C3CCC(O[Si](C)(C)C(C)(C)C)CC3)c2n1.CCCNc1ncc2c(C3CCC(C=O)CC3)cn(C3CCC(O[Si](C)(C)C(C)(C)C)CC3)c2n1.CCCNc1ncc2c(C3CCC(CO)CC3)cn(C3CCC(O[Si](C)(C)C(C)(C)C)CC3)c2n1. The van der Waals surface area contributed by atoms with Crippen LogP contribution in [0.3, 0.4) is 0 Å². The molecule has 0 amide bonds. The molecule has 8 heterocycles. The number of nitrogens with zero attached hydrogens (tertiary/aromatic N) is 12. The number of rotatable bonds is 33. The smallest absolute Gasteiger partial charge is 0.308 e. The van der Waals surface area contributed by atoms with Crippen LogP contribution in [-0.2, 0) is 36.8 Å². The maximum atomic E-state index is 12.3. The summed E-state index contributed by atoms with van der Waals surface area (Å²) in [6.45, 7) is 61.7. The maximum Gasteiger partial charge on any atom is 0.308 e. The molecule has 0 radical (unpaired) electrons. The Labute approximate surface area is 864 Å². The van der Waals surface area contributed by atoms with Gasteiger partial charge in [-0.25, -0.2) is 19.9 Å². The van der Waals surface area contributed by atoms with E-state index in [1.807, 2.05) is 25.5 Å². The summed E-state index contributed by atoms with van der Waals surface area (Å²) in [4.78, 5) is 73.6. The molecule has 8 saturated carbocycles. The number of fused-ring (bicyclic) bond motifs is 4. The quantitative estimate of drug-likeness (QED) is 0.0145. The number of esters is 1. The van der Waals surface area contributed by atoms with Crippen molar-refractivity contribution in [2.24, 2.45) is 23.7 Å². The molecule has 16 rings (SSSR count). The summed E-state index contributed by atoms with van der Waals surface area (Å²) in [6.07, 6.45) is 60.2. The van der Waals surface area contributed by atoms with Gasteiger partial charge in [-0.2, -0.15) is 19.9 Å². The van der Waals surface area contributed by atoms with Crippen molar-refractivity contribution in [1.82, 2.24) is 58.1 Å². The van der Waals surface area contributed by atoms with Gasteiger partial charge in [-0.3, -0.25) is 4.79 Å². The van der Waals surface area contributed by atoms with Gasteiger partial charge in [0.15, 0.2) is 33.3 Å². The molecule has 143 heavy (non-hydrogen) atoms. The van der Waals surface area contributed by atoms with Crippen LogP contribution in [0.4, 0.5) is 23.8 Å². The molecule has 0 atom stereocenters. The topological polar surface area (TPSA) is 289 Å². The number of aldehydes is 2. The summed E-state index contributed by atoms with van der Waals surface area (Å²) >= 11 is 0. The van der Waals surface area contributed by atoms with Crippen molar-refractivity contribution in [2.45, 2.75) is 494 Å². The molecule has 8 aromatic heterocycles. The third-order valence-electron chi connectivity index (χ3n) is 35.9. The molecule has 5 N–H and O–H groups in total. The van der Waals surface area contributed by atoms with Crippen LogP contribution in [0, 0.1) is 23.7 Å². The third-order valence-corrected chi connectivity index (χ3v) is 54.0. The first kappa shape index (κ1) is 113. The predicted molar refractivity (Wildman–Crippen MR) is 598 cm³/mol. The number of anilines is 4. The first-order valence-corrected chi connectivity index (χ1v) is 68.4. The molecule has 0 saturated heterocycles. The molecule has 0 bridgehead atoms. The lowest BCUT2D eigenvalue weighted by Crippen LogP contribution is -2.44. The van der Waals surface area contributed by atoms with Crippen molar-refractivity contribution >= 4 is 120 Å². The summed E-state index contributed by atoms with van der Waals surface area (Å²) in [5, 5.41) is 28.9. The van der Waals surface area contributed by atoms with Crippen LogP contribution in [0.15, 0.2) is 49.6 Å². The lowest BCUT2D eigenvalue weighted by atomic mass is 9.79. The predicted octanol–water partition coefficient (Wildman–Crippen LogP) is 29.1. The molecule has 0 unspecified atom stereocenters. The van der Waals surface area contributed by atoms with E-state index in [0.717, 1.165) is 310 Å². The average molecular weight is 2040 g/mol. The molecule has 29 heteroatoms. The standard InChI is InChI=1S/C30H50N4O3Si.C28H48N4O2Si.2C28H46N4O2Si/c1-8-18-31-29-32-19-25-26(21-10-12-22(13-11-21)28(35)36-9-2)20-34(27(25)33-29)23-14-16-24(17-15-23)37-38(6,7)30(3,4)5;3*1-7-16-29-27-30-17-24-25(21-10-8-20(19-33)9-11-21)18-32(26(24)31-27)22-12-14-23(15-13-22)34-35(5,6)28(2,3)4/h19-24H,8-18H2,1-7H3,(H,31,32,33);17-18,20-23,33H,7-16,19H2,1-6H3,(H,29,30,31);2*17-23H,7-16H2,1-6H3,(H,29,30,31). The molecule has 8 fully saturated rings. The zero-order valence-electron chi connectivity index (χ0n) is 93.3. The monoisotopic (exact) mass is 2040 g/mol. The van der Waals surface area contributed by atoms with Crippen molar-refractivity contribution in [3.05, 3.63) is 71.8 Å². The van der Waals surface area contributed by atoms with Gasteiger partial charge in [0.2, 0.25) is 23.8 Å². The van der Waals surface area contributed by atoms with Gasteiger partial charge < -0.3 is 76.7 Å². The highest BCUT2D eigenvalue weighted by molar-refractivity contribution is 6.75. The van der Waals surface area contributed by atoms with E-state index in [0.29, 0.717) is 97.3 Å². The average Bonchev–Trinajstić information content (AvgIpc) is 1.63. The summed E-state index contributed by atoms with van der Waals surface area (Å²) < 4.78 is 42.2. The van der Waals surface area contributed by atoms with Crippen LogP contribution >= 0.6 is 0 Å². The van der Waals surface area contributed by atoms with Gasteiger partial charge >= 0.3 is 5.97 Å². The van der Waals surface area contributed by atoms with E-state index in [1.54, 1.807) is 0 Å². The van der Waals surface area contributed by atoms with Gasteiger partial charge in [0.1, 0.15) is 35.2 Å². The number of hydrogen-bond donors (Lipinski definition) is 5. The highest BCUT2D eigenvalue weighted by Crippen LogP contribution is 2.52. The van der Waals surface area contributed by atoms with Crippen molar-refractivity contribution < 1.29 is 41.9 Å². The Kier molecular flexibility index (Phi) is 39.4. The van der Waals surface area contributed by atoms with Gasteiger partial charge in [-0.05, 0) is 362 Å². The van der Waals surface area contributed by atoms with E-state index < -0.39 is 33.3 Å². The number of aliphatic hydroxyl groups excluding tert-OH is 1. The minimum Gasteiger partial charge on any atom is -0.466 e. The Morgan fingerprint density at radius 2 is 0.566 bits per heavy atom. The summed E-state index contributed by atoms with van der Waals surface area (Å²) in [5.74, 6) is 5.81. The molecular weight excluding hydrogens is 1850 g/mol. The van der Waals surface area contributed by atoms with Gasteiger partial charge in [-0.15, -0.1) is 0 Å². The Balaban J connectivity index is 0.000000160. The second kappa shape index (κ2) is 49.7. The van der Waals surface area contributed by atoms with Crippen molar-refractivity contribution in [3.8, 4) is 0 Å². The Bertz CT molecular complexity index is 5180. The zero-order valence-corrected chi connectivity index (χ0v) is 97.3. The molecular formula is C114H190N16O9Si4. The van der Waals surface area contributed by atoms with Crippen molar-refractivity contribution in [2.75, 3.05) is 60.7 Å². The number of ether oxygens (including phenoxy) is 1. The summed E-state index contributed by atoms with van der Waals surface area (Å²) in [7, 11) is -6.99. The van der Waals surface area contributed by atoms with Crippen LogP contribution in [0.5, 0.6) is 0 Å². The summed E-state index contributed by atoms with van der Waals surface area (Å²) in [6, 6.07) is 1.79. The van der Waals surface area contributed by atoms with Gasteiger partial charge in [0.05, 0.1) is 12.5 Å². The van der Waals surface area contributed by atoms with Gasteiger partial charge in [0.25, 0.3) is 0 Å². The van der Waals surface area contributed by atoms with Crippen molar-refractivity contribution in [1.29, 1.82) is 0 Å². The van der Waals surface area contributed by atoms with E-state index in [9.17, 15) is 19.5 Å². The molecule has 0 spiro atoms. The normalized spacial score (nSPS) is 25.8. The fraction of sp³-hybridized carbons (Fsp3) is 0.763. The number of nitrogens with one attached hydrogen (secondary N) is 4. The first-order chi connectivity index (χ1) is 67.9. The van der Waals surface area contributed by atoms with Crippen molar-refractivity contribution in [3.63, 3.8) is 0 Å². The second-order valence-electron chi connectivity index (χ2n) is 50.3. The molecule has 25 nitrogen and oxygen atoms in total. The van der Waals surface area contributed by atoms with Crippen LogP contribution in [-0.4, -0.2) is 179 Å². The Hall–Kier alpha value is -6.84. The van der Waals surface area contributed by atoms with E-state index in [4.69, 9.17) is 42.4 Å². The molecule has 0 aromatic carbocycles. The van der Waals surface area contributed by atoms with Crippen LogP contribution in [0.1, 0.15) is 419 Å². The summed E-state index contributed by atoms with van der Waals surface area (Å²) in [5.41, 5.74) is 9.81. The lowest BCUT2D eigenvalue weighted by molar-refractivity contribution is -0.149. The minimum atomic E-state index is -1.76. The highest BCUT2D eigenvalue weighted by atomic mass is 28.4. The van der Waals surface area contributed by atoms with Crippen LogP contribution in [0.25, 0.3) is 44.1 Å². The Morgan fingerprint density at radius 3 is 0.769 bits per heavy atom. The van der Waals surface area contributed by atoms with E-state index in [1.165, 1.54) is 43.8 Å². The number of carbonyl (C=O) groups is 3. The number of aromatic nitrogens is 12. The molecule has 8 aromatic rings. The molecule has 796 valence electrons.